The summed E-state index contributed by atoms with van der Waals surface area (Å²) in [6, 6.07) is 53.3. The van der Waals surface area contributed by atoms with Gasteiger partial charge in [-0.15, -0.1) is 11.3 Å². The molecule has 0 fully saturated rings. The summed E-state index contributed by atoms with van der Waals surface area (Å²) in [6.07, 6.45) is 6.19. The van der Waals surface area contributed by atoms with Crippen molar-refractivity contribution in [3.63, 3.8) is 0 Å². The van der Waals surface area contributed by atoms with Crippen molar-refractivity contribution in [2.45, 2.75) is 12.8 Å². The number of anilines is 3. The fourth-order valence-corrected chi connectivity index (χ4v) is 8.52. The van der Waals surface area contributed by atoms with Gasteiger partial charge in [-0.05, 0) is 72.5 Å². The predicted molar refractivity (Wildman–Crippen MR) is 213 cm³/mol. The Bertz CT molecular complexity index is 2730. The van der Waals surface area contributed by atoms with Gasteiger partial charge < -0.3 is 9.32 Å². The number of allylic oxidation sites excluding steroid dienone is 1. The third-order valence-electron chi connectivity index (χ3n) is 9.77. The Kier molecular flexibility index (Phi) is 7.10. The fraction of sp³-hybridized carbons (Fsp3) is 0.0435. The van der Waals surface area contributed by atoms with Gasteiger partial charge in [0.1, 0.15) is 11.3 Å². The second-order valence-corrected chi connectivity index (χ2v) is 13.9. The molecule has 5 heteroatoms. The van der Waals surface area contributed by atoms with E-state index in [9.17, 15) is 0 Å². The minimum atomic E-state index is 0.662. The van der Waals surface area contributed by atoms with Gasteiger partial charge >= 0.3 is 0 Å². The minimum absolute atomic E-state index is 0.662. The monoisotopic (exact) mass is 673 g/mol. The van der Waals surface area contributed by atoms with Crippen LogP contribution in [-0.4, -0.2) is 9.97 Å². The lowest BCUT2D eigenvalue weighted by Crippen LogP contribution is -2.11. The molecule has 0 saturated heterocycles. The molecule has 0 N–H and O–H groups in total. The van der Waals surface area contributed by atoms with Crippen molar-refractivity contribution >= 4 is 65.7 Å². The standard InChI is InChI=1S/C46H31N3OS/c1-4-14-30(15-5-1)31-24-26-34(27-25-31)49(33-18-8-3-9-19-33)38-29-28-37(44-41(38)35-20-10-12-22-39(35)50-44)46-47-42(32-16-6-2-7-17-32)45-43(48-46)36-21-11-13-23-40(36)51-45/h1-9,11-19,21-29H,10,20H2. The molecule has 0 radical (unpaired) electrons. The first kappa shape index (κ1) is 29.6. The van der Waals surface area contributed by atoms with E-state index >= 15 is 0 Å². The van der Waals surface area contributed by atoms with Gasteiger partial charge in [0, 0.05) is 38.0 Å². The largest absolute Gasteiger partial charge is 0.456 e. The molecule has 1 aliphatic rings. The van der Waals surface area contributed by atoms with E-state index in [1.54, 1.807) is 11.3 Å². The third kappa shape index (κ3) is 5.05. The van der Waals surface area contributed by atoms with Crippen LogP contribution in [0.5, 0.6) is 0 Å². The summed E-state index contributed by atoms with van der Waals surface area (Å²) in [5, 5.41) is 2.24. The molecule has 10 rings (SSSR count). The zero-order valence-electron chi connectivity index (χ0n) is 27.7. The molecule has 0 saturated carbocycles. The first-order valence-electron chi connectivity index (χ1n) is 17.3. The van der Waals surface area contributed by atoms with E-state index in [2.05, 4.69) is 163 Å². The molecule has 9 aromatic rings. The molecule has 1 aliphatic carbocycles. The molecule has 242 valence electrons. The first-order valence-corrected chi connectivity index (χ1v) is 18.1. The number of para-hydroxylation sites is 1. The van der Waals surface area contributed by atoms with E-state index < -0.39 is 0 Å². The average molecular weight is 674 g/mol. The van der Waals surface area contributed by atoms with Gasteiger partial charge in [0.05, 0.1) is 27.2 Å². The lowest BCUT2D eigenvalue weighted by molar-refractivity contribution is 0.596. The van der Waals surface area contributed by atoms with Gasteiger partial charge in [0.25, 0.3) is 0 Å². The Balaban J connectivity index is 1.22. The van der Waals surface area contributed by atoms with E-state index in [0.717, 1.165) is 79.1 Å². The molecular weight excluding hydrogens is 643 g/mol. The molecule has 0 aliphatic heterocycles. The lowest BCUT2D eigenvalue weighted by Gasteiger charge is -2.27. The van der Waals surface area contributed by atoms with Crippen molar-refractivity contribution < 1.29 is 4.42 Å². The summed E-state index contributed by atoms with van der Waals surface area (Å²) in [7, 11) is 0. The second kappa shape index (κ2) is 12.2. The summed E-state index contributed by atoms with van der Waals surface area (Å²) in [6.45, 7) is 0. The van der Waals surface area contributed by atoms with Crippen LogP contribution in [0.15, 0.2) is 162 Å². The van der Waals surface area contributed by atoms with Gasteiger partial charge in [-0.2, -0.15) is 0 Å². The SMILES string of the molecule is C1=Cc2oc3c(-c4nc(-c5ccccc5)c5sc6ccccc6c5n4)ccc(N(c4ccccc4)c4ccc(-c5ccccc5)cc4)c3c2CC1. The number of thiophene rings is 1. The number of hydrogen-bond acceptors (Lipinski definition) is 5. The summed E-state index contributed by atoms with van der Waals surface area (Å²) in [4.78, 5) is 13.0. The van der Waals surface area contributed by atoms with Crippen LogP contribution in [0.2, 0.25) is 0 Å². The maximum Gasteiger partial charge on any atom is 0.164 e. The van der Waals surface area contributed by atoms with E-state index in [1.165, 1.54) is 21.4 Å². The Hall–Kier alpha value is -6.30. The fourth-order valence-electron chi connectivity index (χ4n) is 7.37. The van der Waals surface area contributed by atoms with Crippen LogP contribution in [0.4, 0.5) is 17.1 Å². The molecule has 3 aromatic heterocycles. The molecule has 6 aromatic carbocycles. The Morgan fingerprint density at radius 2 is 1.27 bits per heavy atom. The number of aryl methyl sites for hydroxylation is 1. The minimum Gasteiger partial charge on any atom is -0.456 e. The highest BCUT2D eigenvalue weighted by atomic mass is 32.1. The molecule has 3 heterocycles. The van der Waals surface area contributed by atoms with E-state index in [4.69, 9.17) is 14.4 Å². The number of rotatable bonds is 6. The molecule has 0 amide bonds. The lowest BCUT2D eigenvalue weighted by atomic mass is 9.97. The normalized spacial score (nSPS) is 12.5. The summed E-state index contributed by atoms with van der Waals surface area (Å²) in [5.74, 6) is 1.57. The van der Waals surface area contributed by atoms with Crippen LogP contribution >= 0.6 is 11.3 Å². The molecule has 51 heavy (non-hydrogen) atoms. The number of benzene rings is 6. The Morgan fingerprint density at radius 1 is 0.608 bits per heavy atom. The maximum absolute atomic E-state index is 6.85. The van der Waals surface area contributed by atoms with Crippen LogP contribution in [0, 0.1) is 0 Å². The average Bonchev–Trinajstić information content (AvgIpc) is 3.78. The zero-order valence-corrected chi connectivity index (χ0v) is 28.5. The van der Waals surface area contributed by atoms with Crippen LogP contribution in [0.3, 0.4) is 0 Å². The van der Waals surface area contributed by atoms with Crippen LogP contribution in [-0.2, 0) is 6.42 Å². The first-order chi connectivity index (χ1) is 25.3. The van der Waals surface area contributed by atoms with Gasteiger partial charge in [0.2, 0.25) is 0 Å². The quantitative estimate of drug-likeness (QED) is 0.176. The van der Waals surface area contributed by atoms with Gasteiger partial charge in [-0.25, -0.2) is 9.97 Å². The Morgan fingerprint density at radius 3 is 2.06 bits per heavy atom. The van der Waals surface area contributed by atoms with E-state index in [1.807, 2.05) is 6.07 Å². The van der Waals surface area contributed by atoms with Crippen molar-refractivity contribution in [3.8, 4) is 33.8 Å². The number of nitrogens with zero attached hydrogens (tertiary/aromatic N) is 3. The van der Waals surface area contributed by atoms with Gasteiger partial charge in [-0.3, -0.25) is 0 Å². The number of aromatic nitrogens is 2. The molecule has 0 atom stereocenters. The van der Waals surface area contributed by atoms with Gasteiger partial charge in [-0.1, -0.05) is 115 Å². The third-order valence-corrected chi connectivity index (χ3v) is 10.9. The second-order valence-electron chi connectivity index (χ2n) is 12.8. The molecule has 0 unspecified atom stereocenters. The van der Waals surface area contributed by atoms with Crippen LogP contribution in [0.25, 0.3) is 71.1 Å². The molecule has 0 spiro atoms. The predicted octanol–water partition coefficient (Wildman–Crippen LogP) is 13.0. The number of fused-ring (bicyclic) bond motifs is 6. The zero-order chi connectivity index (χ0) is 33.7. The summed E-state index contributed by atoms with van der Waals surface area (Å²) in [5.41, 5.74) is 11.5. The molecular formula is C46H31N3OS. The van der Waals surface area contributed by atoms with Gasteiger partial charge in [0.15, 0.2) is 5.82 Å². The Labute approximate surface area is 299 Å². The van der Waals surface area contributed by atoms with Crippen molar-refractivity contribution in [2.24, 2.45) is 0 Å². The smallest absolute Gasteiger partial charge is 0.164 e. The summed E-state index contributed by atoms with van der Waals surface area (Å²) >= 11 is 1.75. The van der Waals surface area contributed by atoms with E-state index in [0.29, 0.717) is 5.82 Å². The van der Waals surface area contributed by atoms with Crippen LogP contribution in [0.1, 0.15) is 17.7 Å². The van der Waals surface area contributed by atoms with Crippen molar-refractivity contribution in [1.82, 2.24) is 9.97 Å². The highest BCUT2D eigenvalue weighted by molar-refractivity contribution is 7.26. The van der Waals surface area contributed by atoms with Crippen molar-refractivity contribution in [3.05, 3.63) is 169 Å². The number of hydrogen-bond donors (Lipinski definition) is 0. The van der Waals surface area contributed by atoms with Crippen LogP contribution < -0.4 is 4.90 Å². The molecule has 4 nitrogen and oxygen atoms in total. The number of furan rings is 1. The summed E-state index contributed by atoms with van der Waals surface area (Å²) < 4.78 is 9.14. The maximum atomic E-state index is 6.85. The van der Waals surface area contributed by atoms with Crippen molar-refractivity contribution in [1.29, 1.82) is 0 Å². The van der Waals surface area contributed by atoms with Crippen molar-refractivity contribution in [2.75, 3.05) is 4.90 Å². The van der Waals surface area contributed by atoms with E-state index in [-0.39, 0.29) is 0 Å². The highest BCUT2D eigenvalue weighted by Crippen LogP contribution is 2.47. The molecule has 0 bridgehead atoms. The highest BCUT2D eigenvalue weighted by Gasteiger charge is 2.27. The topological polar surface area (TPSA) is 42.2 Å².